The fourth-order valence-electron chi connectivity index (χ4n) is 9.71. The Balaban J connectivity index is 4.15. The lowest BCUT2D eigenvalue weighted by atomic mass is 10.0. The van der Waals surface area contributed by atoms with E-state index in [0.29, 0.717) is 19.3 Å². The lowest BCUT2D eigenvalue weighted by molar-refractivity contribution is -0.167. The maximum atomic E-state index is 12.9. The van der Waals surface area contributed by atoms with Crippen LogP contribution in [0.15, 0.2) is 97.2 Å². The second kappa shape index (κ2) is 67.8. The molecule has 6 nitrogen and oxygen atoms in total. The number of hydrogen-bond acceptors (Lipinski definition) is 6. The first-order chi connectivity index (χ1) is 39.5. The van der Waals surface area contributed by atoms with Crippen molar-refractivity contribution in [2.45, 2.75) is 341 Å². The molecule has 1 unspecified atom stereocenters. The SMILES string of the molecule is CC/C=C\C/C=C\C/C=C\C/C=C\C/C=C\C/C=C\C/C=C\CCCCCCCCCCCCCCCC(=O)OCC(COC(=O)CCCCCCCCCCCCCC)OC(=O)CCCCCCC/C=C\CCCCCCCC. The first-order valence-electron chi connectivity index (χ1n) is 34.2. The zero-order chi connectivity index (χ0) is 57.8. The summed E-state index contributed by atoms with van der Waals surface area (Å²) in [7, 11) is 0. The van der Waals surface area contributed by atoms with E-state index in [4.69, 9.17) is 14.2 Å². The number of unbranched alkanes of at least 4 members (excludes halogenated alkanes) is 35. The fourth-order valence-corrected chi connectivity index (χ4v) is 9.71. The van der Waals surface area contributed by atoms with Crippen LogP contribution in [0.5, 0.6) is 0 Å². The highest BCUT2D eigenvalue weighted by Crippen LogP contribution is 2.17. The molecule has 0 aromatic carbocycles. The van der Waals surface area contributed by atoms with Gasteiger partial charge in [0.1, 0.15) is 13.2 Å². The third kappa shape index (κ3) is 65.1. The van der Waals surface area contributed by atoms with Crippen LogP contribution in [0.4, 0.5) is 0 Å². The van der Waals surface area contributed by atoms with Crippen LogP contribution < -0.4 is 0 Å². The van der Waals surface area contributed by atoms with Crippen LogP contribution >= 0.6 is 0 Å². The van der Waals surface area contributed by atoms with Crippen LogP contribution in [-0.4, -0.2) is 37.2 Å². The Kier molecular flexibility index (Phi) is 64.7. The summed E-state index contributed by atoms with van der Waals surface area (Å²) in [5.41, 5.74) is 0. The summed E-state index contributed by atoms with van der Waals surface area (Å²) in [6, 6.07) is 0. The molecule has 0 saturated heterocycles. The van der Waals surface area contributed by atoms with Gasteiger partial charge in [0.2, 0.25) is 0 Å². The van der Waals surface area contributed by atoms with Crippen LogP contribution in [0.25, 0.3) is 0 Å². The lowest BCUT2D eigenvalue weighted by Crippen LogP contribution is -2.30. The Morgan fingerprint density at radius 1 is 0.263 bits per heavy atom. The molecule has 1 atom stereocenters. The van der Waals surface area contributed by atoms with Crippen molar-refractivity contribution in [3.8, 4) is 0 Å². The zero-order valence-electron chi connectivity index (χ0n) is 52.8. The molecule has 0 heterocycles. The van der Waals surface area contributed by atoms with Crippen molar-refractivity contribution in [2.24, 2.45) is 0 Å². The molecule has 0 aromatic heterocycles. The van der Waals surface area contributed by atoms with Crippen molar-refractivity contribution in [1.29, 1.82) is 0 Å². The molecule has 0 aliphatic rings. The van der Waals surface area contributed by atoms with Crippen molar-refractivity contribution in [1.82, 2.24) is 0 Å². The largest absolute Gasteiger partial charge is 0.462 e. The van der Waals surface area contributed by atoms with Crippen LogP contribution in [0.1, 0.15) is 335 Å². The molecular formula is C74H128O6. The van der Waals surface area contributed by atoms with E-state index in [9.17, 15) is 14.4 Å². The van der Waals surface area contributed by atoms with Crippen molar-refractivity contribution < 1.29 is 28.6 Å². The van der Waals surface area contributed by atoms with Gasteiger partial charge in [-0.25, -0.2) is 0 Å². The second-order valence-electron chi connectivity index (χ2n) is 22.7. The van der Waals surface area contributed by atoms with Gasteiger partial charge in [-0.1, -0.05) is 311 Å². The minimum absolute atomic E-state index is 0.0758. The highest BCUT2D eigenvalue weighted by atomic mass is 16.6. The average molecular weight is 1110 g/mol. The smallest absolute Gasteiger partial charge is 0.306 e. The summed E-state index contributed by atoms with van der Waals surface area (Å²) in [6.45, 7) is 6.54. The molecule has 0 spiro atoms. The second-order valence-corrected chi connectivity index (χ2v) is 22.7. The molecule has 0 N–H and O–H groups in total. The highest BCUT2D eigenvalue weighted by molar-refractivity contribution is 5.71. The molecule has 0 bridgehead atoms. The monoisotopic (exact) mass is 1110 g/mol. The van der Waals surface area contributed by atoms with Gasteiger partial charge in [0.05, 0.1) is 0 Å². The molecule has 0 amide bonds. The number of esters is 3. The van der Waals surface area contributed by atoms with E-state index in [1.165, 1.54) is 180 Å². The summed E-state index contributed by atoms with van der Waals surface area (Å²) in [5.74, 6) is -0.872. The van der Waals surface area contributed by atoms with Gasteiger partial charge in [-0.15, -0.1) is 0 Å². The average Bonchev–Trinajstić information content (AvgIpc) is 3.46. The summed E-state index contributed by atoms with van der Waals surface area (Å²) in [4.78, 5) is 38.3. The predicted octanol–water partition coefficient (Wildman–Crippen LogP) is 23.6. The Morgan fingerprint density at radius 2 is 0.487 bits per heavy atom. The predicted molar refractivity (Wildman–Crippen MR) is 348 cm³/mol. The molecule has 6 heteroatoms. The summed E-state index contributed by atoms with van der Waals surface area (Å²) in [6.07, 6.45) is 91.5. The van der Waals surface area contributed by atoms with E-state index < -0.39 is 6.10 Å². The summed E-state index contributed by atoms with van der Waals surface area (Å²) < 4.78 is 16.9. The van der Waals surface area contributed by atoms with Gasteiger partial charge < -0.3 is 14.2 Å². The van der Waals surface area contributed by atoms with Crippen molar-refractivity contribution in [2.75, 3.05) is 13.2 Å². The van der Waals surface area contributed by atoms with Gasteiger partial charge in [0, 0.05) is 19.3 Å². The fraction of sp³-hybridized carbons (Fsp3) is 0.743. The van der Waals surface area contributed by atoms with E-state index >= 15 is 0 Å². The Hall–Kier alpha value is -3.67. The maximum absolute atomic E-state index is 12.9. The summed E-state index contributed by atoms with van der Waals surface area (Å²) >= 11 is 0. The number of allylic oxidation sites excluding steroid dienone is 16. The van der Waals surface area contributed by atoms with Crippen LogP contribution in [-0.2, 0) is 28.6 Å². The molecule has 0 radical (unpaired) electrons. The van der Waals surface area contributed by atoms with E-state index in [1.54, 1.807) is 0 Å². The van der Waals surface area contributed by atoms with E-state index in [2.05, 4.69) is 118 Å². The third-order valence-electron chi connectivity index (χ3n) is 14.8. The molecule has 0 rings (SSSR count). The normalized spacial score (nSPS) is 12.7. The first kappa shape index (κ1) is 76.3. The Morgan fingerprint density at radius 3 is 0.775 bits per heavy atom. The van der Waals surface area contributed by atoms with Gasteiger partial charge in [0.15, 0.2) is 6.10 Å². The van der Waals surface area contributed by atoms with Crippen LogP contribution in [0.3, 0.4) is 0 Å². The summed E-state index contributed by atoms with van der Waals surface area (Å²) in [5, 5.41) is 0. The number of carbonyl (C=O) groups excluding carboxylic acids is 3. The topological polar surface area (TPSA) is 78.9 Å². The molecule has 0 aromatic rings. The van der Waals surface area contributed by atoms with Gasteiger partial charge in [0.25, 0.3) is 0 Å². The lowest BCUT2D eigenvalue weighted by Gasteiger charge is -2.18. The van der Waals surface area contributed by atoms with E-state index in [0.717, 1.165) is 116 Å². The minimum Gasteiger partial charge on any atom is -0.462 e. The van der Waals surface area contributed by atoms with Gasteiger partial charge in [-0.3, -0.25) is 14.4 Å². The zero-order valence-corrected chi connectivity index (χ0v) is 52.8. The maximum Gasteiger partial charge on any atom is 0.306 e. The van der Waals surface area contributed by atoms with E-state index in [-0.39, 0.29) is 31.1 Å². The molecule has 0 fully saturated rings. The highest BCUT2D eigenvalue weighted by Gasteiger charge is 2.19. The molecule has 460 valence electrons. The number of rotatable bonds is 62. The molecule has 0 aliphatic carbocycles. The third-order valence-corrected chi connectivity index (χ3v) is 14.8. The quantitative estimate of drug-likeness (QED) is 0.0261. The molecular weight excluding hydrogens is 985 g/mol. The van der Waals surface area contributed by atoms with Crippen molar-refractivity contribution in [3.05, 3.63) is 97.2 Å². The molecule has 0 aliphatic heterocycles. The van der Waals surface area contributed by atoms with Gasteiger partial charge in [-0.2, -0.15) is 0 Å². The molecule has 0 saturated carbocycles. The van der Waals surface area contributed by atoms with E-state index in [1.807, 2.05) is 0 Å². The van der Waals surface area contributed by atoms with Gasteiger partial charge in [-0.05, 0) is 103 Å². The number of ether oxygens (including phenoxy) is 3. The minimum atomic E-state index is -0.779. The Labute approximate surface area is 496 Å². The first-order valence-corrected chi connectivity index (χ1v) is 34.2. The van der Waals surface area contributed by atoms with Crippen LogP contribution in [0.2, 0.25) is 0 Å². The van der Waals surface area contributed by atoms with Crippen molar-refractivity contribution >= 4 is 17.9 Å². The Bertz CT molecular complexity index is 1560. The standard InChI is InChI=1S/C74H128O6/c1-4-7-10-13-16-19-22-25-27-28-29-30-31-32-33-34-35-36-37-38-39-40-41-42-43-44-45-46-48-49-52-55-58-61-64-67-73(76)79-70-71(69-78-72(75)66-63-60-57-54-51-24-21-18-15-12-9-6-3)80-74(77)68-65-62-59-56-53-50-47-26-23-20-17-14-11-8-5-2/h7,10,16,19,25-27,29-30,32-33,35-36,38-39,47,71H,4-6,8-9,11-15,17-18,20-24,28,31,34,37,40-46,48-70H2,1-3H3/b10-7-,19-16-,27-25-,30-29-,33-32-,36-35-,39-38-,47-26-. The van der Waals surface area contributed by atoms with Crippen LogP contribution in [0, 0.1) is 0 Å². The number of carbonyl (C=O) groups is 3. The van der Waals surface area contributed by atoms with Gasteiger partial charge >= 0.3 is 17.9 Å². The van der Waals surface area contributed by atoms with Crippen molar-refractivity contribution in [3.63, 3.8) is 0 Å². The number of hydrogen-bond donors (Lipinski definition) is 0. The molecule has 80 heavy (non-hydrogen) atoms.